The highest BCUT2D eigenvalue weighted by Gasteiger charge is 2.27. The van der Waals surface area contributed by atoms with Gasteiger partial charge in [0.25, 0.3) is 0 Å². The van der Waals surface area contributed by atoms with Gasteiger partial charge in [-0.1, -0.05) is 11.6 Å². The van der Waals surface area contributed by atoms with Crippen LogP contribution < -0.4 is 10.6 Å². The first-order chi connectivity index (χ1) is 8.58. The van der Waals surface area contributed by atoms with Gasteiger partial charge in [0, 0.05) is 49.0 Å². The van der Waals surface area contributed by atoms with Crippen molar-refractivity contribution >= 4 is 17.3 Å². The molecule has 1 aromatic carbocycles. The summed E-state index contributed by atoms with van der Waals surface area (Å²) in [6.45, 7) is 9.94. The van der Waals surface area contributed by atoms with E-state index in [-0.39, 0.29) is 5.54 Å². The van der Waals surface area contributed by atoms with Gasteiger partial charge in [-0.25, -0.2) is 0 Å². The Morgan fingerprint density at radius 2 is 1.83 bits per heavy atom. The number of piperazine rings is 1. The van der Waals surface area contributed by atoms with Crippen LogP contribution in [0.5, 0.6) is 0 Å². The minimum absolute atomic E-state index is 0.168. The molecular formula is C14H22ClN3. The molecule has 0 aliphatic carbocycles. The first-order valence-electron chi connectivity index (χ1n) is 6.53. The van der Waals surface area contributed by atoms with E-state index < -0.39 is 0 Å². The van der Waals surface area contributed by atoms with Crippen molar-refractivity contribution in [2.45, 2.75) is 19.4 Å². The fourth-order valence-electron chi connectivity index (χ4n) is 2.27. The maximum absolute atomic E-state index is 5.88. The van der Waals surface area contributed by atoms with Crippen LogP contribution in [0.25, 0.3) is 0 Å². The van der Waals surface area contributed by atoms with Crippen LogP contribution in [-0.4, -0.2) is 43.2 Å². The highest BCUT2D eigenvalue weighted by molar-refractivity contribution is 6.30. The third-order valence-electron chi connectivity index (χ3n) is 3.54. The summed E-state index contributed by atoms with van der Waals surface area (Å²) < 4.78 is 0. The second kappa shape index (κ2) is 5.91. The van der Waals surface area contributed by atoms with E-state index in [1.54, 1.807) is 0 Å². The van der Waals surface area contributed by atoms with Crippen LogP contribution in [0.15, 0.2) is 24.3 Å². The van der Waals surface area contributed by atoms with Crippen molar-refractivity contribution < 1.29 is 0 Å². The van der Waals surface area contributed by atoms with Crippen molar-refractivity contribution in [1.29, 1.82) is 0 Å². The summed E-state index contributed by atoms with van der Waals surface area (Å²) in [5.41, 5.74) is 1.30. The molecule has 1 fully saturated rings. The van der Waals surface area contributed by atoms with Gasteiger partial charge in [-0.2, -0.15) is 0 Å². The van der Waals surface area contributed by atoms with Crippen molar-refractivity contribution in [1.82, 2.24) is 10.2 Å². The molecule has 4 heteroatoms. The number of nitrogens with zero attached hydrogens (tertiary/aromatic N) is 1. The van der Waals surface area contributed by atoms with E-state index in [4.69, 9.17) is 11.6 Å². The molecule has 1 aromatic rings. The van der Waals surface area contributed by atoms with Crippen molar-refractivity contribution in [3.05, 3.63) is 29.3 Å². The van der Waals surface area contributed by atoms with Crippen LogP contribution in [0.2, 0.25) is 5.02 Å². The van der Waals surface area contributed by atoms with Gasteiger partial charge in [0.05, 0.1) is 0 Å². The Kier molecular flexibility index (Phi) is 4.49. The monoisotopic (exact) mass is 267 g/mol. The molecule has 3 nitrogen and oxygen atoms in total. The molecule has 0 radical (unpaired) electrons. The fraction of sp³-hybridized carbons (Fsp3) is 0.571. The Balaban J connectivity index is 1.89. The van der Waals surface area contributed by atoms with Gasteiger partial charge in [-0.15, -0.1) is 0 Å². The Labute approximate surface area is 115 Å². The molecule has 18 heavy (non-hydrogen) atoms. The molecule has 0 spiro atoms. The van der Waals surface area contributed by atoms with E-state index in [0.717, 1.165) is 43.4 Å². The number of nitrogens with one attached hydrogen (secondary N) is 2. The standard InChI is InChI=1S/C14H22ClN3/c1-14(2,18-9-7-16-8-10-18)11-17-13-5-3-12(15)4-6-13/h3-6,16-17H,7-11H2,1-2H3. The summed E-state index contributed by atoms with van der Waals surface area (Å²) in [6, 6.07) is 7.88. The third kappa shape index (κ3) is 3.61. The quantitative estimate of drug-likeness (QED) is 0.878. The lowest BCUT2D eigenvalue weighted by Gasteiger charge is -2.41. The van der Waals surface area contributed by atoms with Gasteiger partial charge in [-0.3, -0.25) is 4.90 Å². The molecule has 0 aromatic heterocycles. The van der Waals surface area contributed by atoms with Crippen molar-refractivity contribution in [3.8, 4) is 0 Å². The van der Waals surface area contributed by atoms with Crippen LogP contribution in [0.4, 0.5) is 5.69 Å². The van der Waals surface area contributed by atoms with Gasteiger partial charge in [0.15, 0.2) is 0 Å². The van der Waals surface area contributed by atoms with Gasteiger partial charge in [0.1, 0.15) is 0 Å². The summed E-state index contributed by atoms with van der Waals surface area (Å²) in [7, 11) is 0. The van der Waals surface area contributed by atoms with Crippen LogP contribution in [0.3, 0.4) is 0 Å². The summed E-state index contributed by atoms with van der Waals surface area (Å²) in [5, 5.41) is 7.66. The molecule has 0 atom stereocenters. The highest BCUT2D eigenvalue weighted by atomic mass is 35.5. The van der Waals surface area contributed by atoms with E-state index in [9.17, 15) is 0 Å². The molecule has 0 amide bonds. The molecule has 1 saturated heterocycles. The fourth-order valence-corrected chi connectivity index (χ4v) is 2.39. The lowest BCUT2D eigenvalue weighted by molar-refractivity contribution is 0.114. The summed E-state index contributed by atoms with van der Waals surface area (Å²) in [5.74, 6) is 0. The predicted molar refractivity (Wildman–Crippen MR) is 78.5 cm³/mol. The van der Waals surface area contributed by atoms with Crippen molar-refractivity contribution in [2.24, 2.45) is 0 Å². The Hall–Kier alpha value is -0.770. The summed E-state index contributed by atoms with van der Waals surface area (Å²) in [6.07, 6.45) is 0. The largest absolute Gasteiger partial charge is 0.383 e. The number of halogens is 1. The van der Waals surface area contributed by atoms with Crippen LogP contribution >= 0.6 is 11.6 Å². The minimum atomic E-state index is 0.168. The summed E-state index contributed by atoms with van der Waals surface area (Å²) >= 11 is 5.88. The molecule has 0 bridgehead atoms. The van der Waals surface area contributed by atoms with E-state index in [1.807, 2.05) is 24.3 Å². The third-order valence-corrected chi connectivity index (χ3v) is 3.79. The smallest absolute Gasteiger partial charge is 0.0407 e. The van der Waals surface area contributed by atoms with Gasteiger partial charge in [-0.05, 0) is 38.1 Å². The molecule has 1 aliphatic heterocycles. The Bertz CT molecular complexity index is 369. The molecule has 1 aliphatic rings. The van der Waals surface area contributed by atoms with Gasteiger partial charge in [0.2, 0.25) is 0 Å². The van der Waals surface area contributed by atoms with Crippen LogP contribution in [-0.2, 0) is 0 Å². The zero-order chi connectivity index (χ0) is 13.0. The molecule has 1 heterocycles. The first kappa shape index (κ1) is 13.7. The zero-order valence-electron chi connectivity index (χ0n) is 11.2. The average molecular weight is 268 g/mol. The number of hydrogen-bond donors (Lipinski definition) is 2. The molecule has 0 saturated carbocycles. The molecule has 0 unspecified atom stereocenters. The van der Waals surface area contributed by atoms with Gasteiger partial charge < -0.3 is 10.6 Å². The number of anilines is 1. The van der Waals surface area contributed by atoms with Crippen molar-refractivity contribution in [3.63, 3.8) is 0 Å². The zero-order valence-corrected chi connectivity index (χ0v) is 11.9. The maximum atomic E-state index is 5.88. The lowest BCUT2D eigenvalue weighted by atomic mass is 10.0. The number of hydrogen-bond acceptors (Lipinski definition) is 3. The molecular weight excluding hydrogens is 246 g/mol. The van der Waals surface area contributed by atoms with E-state index in [1.165, 1.54) is 0 Å². The maximum Gasteiger partial charge on any atom is 0.0407 e. The average Bonchev–Trinajstić information content (AvgIpc) is 2.39. The van der Waals surface area contributed by atoms with Gasteiger partial charge >= 0.3 is 0 Å². The summed E-state index contributed by atoms with van der Waals surface area (Å²) in [4.78, 5) is 2.53. The Morgan fingerprint density at radius 1 is 1.22 bits per heavy atom. The van der Waals surface area contributed by atoms with Crippen molar-refractivity contribution in [2.75, 3.05) is 38.0 Å². The SMILES string of the molecule is CC(C)(CNc1ccc(Cl)cc1)N1CCNCC1. The number of benzene rings is 1. The second-order valence-electron chi connectivity index (χ2n) is 5.41. The molecule has 2 N–H and O–H groups in total. The second-order valence-corrected chi connectivity index (χ2v) is 5.85. The van der Waals surface area contributed by atoms with Crippen LogP contribution in [0.1, 0.15) is 13.8 Å². The molecule has 2 rings (SSSR count). The van der Waals surface area contributed by atoms with Crippen LogP contribution in [0, 0.1) is 0 Å². The number of rotatable bonds is 4. The predicted octanol–water partition coefficient (Wildman–Crippen LogP) is 2.44. The van der Waals surface area contributed by atoms with E-state index in [2.05, 4.69) is 29.4 Å². The van der Waals surface area contributed by atoms with E-state index >= 15 is 0 Å². The topological polar surface area (TPSA) is 27.3 Å². The molecule has 100 valence electrons. The first-order valence-corrected chi connectivity index (χ1v) is 6.91. The lowest BCUT2D eigenvalue weighted by Crippen LogP contribution is -2.56. The Morgan fingerprint density at radius 3 is 2.44 bits per heavy atom. The highest BCUT2D eigenvalue weighted by Crippen LogP contribution is 2.18. The normalized spacial score (nSPS) is 17.7. The minimum Gasteiger partial charge on any atom is -0.383 e. The van der Waals surface area contributed by atoms with E-state index in [0.29, 0.717) is 0 Å².